The van der Waals surface area contributed by atoms with Gasteiger partial charge in [0.1, 0.15) is 16.4 Å². The SMILES string of the molecule is NS(=O)(=O)c1ccc(OCCC2CC2)c2nc(Cl)ccc12. The molecule has 0 spiro atoms. The maximum Gasteiger partial charge on any atom is 0.238 e. The van der Waals surface area contributed by atoms with E-state index in [-0.39, 0.29) is 10.0 Å². The molecule has 112 valence electrons. The van der Waals surface area contributed by atoms with Crippen molar-refractivity contribution >= 4 is 32.5 Å². The molecule has 7 heteroatoms. The summed E-state index contributed by atoms with van der Waals surface area (Å²) in [6, 6.07) is 6.16. The van der Waals surface area contributed by atoms with Gasteiger partial charge in [0.2, 0.25) is 10.0 Å². The van der Waals surface area contributed by atoms with Crippen molar-refractivity contribution in [3.05, 3.63) is 29.4 Å². The van der Waals surface area contributed by atoms with E-state index in [1.807, 2.05) is 0 Å². The van der Waals surface area contributed by atoms with E-state index in [1.54, 1.807) is 12.1 Å². The number of ether oxygens (including phenoxy) is 1. The smallest absolute Gasteiger partial charge is 0.238 e. The van der Waals surface area contributed by atoms with Crippen molar-refractivity contribution in [1.82, 2.24) is 4.98 Å². The summed E-state index contributed by atoms with van der Waals surface area (Å²) in [5.41, 5.74) is 0.421. The molecule has 1 aromatic carbocycles. The van der Waals surface area contributed by atoms with Crippen molar-refractivity contribution < 1.29 is 13.2 Å². The molecule has 0 aliphatic heterocycles. The highest BCUT2D eigenvalue weighted by atomic mass is 35.5. The summed E-state index contributed by atoms with van der Waals surface area (Å²) in [4.78, 5) is 4.21. The largest absolute Gasteiger partial charge is 0.491 e. The first kappa shape index (κ1) is 14.6. The lowest BCUT2D eigenvalue weighted by molar-refractivity contribution is 0.305. The summed E-state index contributed by atoms with van der Waals surface area (Å²) in [6.07, 6.45) is 3.52. The van der Waals surface area contributed by atoms with Crippen molar-refractivity contribution in [2.45, 2.75) is 24.2 Å². The molecule has 1 aromatic heterocycles. The van der Waals surface area contributed by atoms with Crippen LogP contribution in [0.4, 0.5) is 0 Å². The molecular weight excluding hydrogens is 312 g/mol. The van der Waals surface area contributed by atoms with Gasteiger partial charge in [-0.1, -0.05) is 24.4 Å². The van der Waals surface area contributed by atoms with Crippen LogP contribution in [0.5, 0.6) is 5.75 Å². The Kier molecular flexibility index (Phi) is 3.77. The highest BCUT2D eigenvalue weighted by Gasteiger charge is 2.21. The zero-order valence-electron chi connectivity index (χ0n) is 11.3. The fourth-order valence-electron chi connectivity index (χ4n) is 2.25. The Morgan fingerprint density at radius 1 is 1.29 bits per heavy atom. The van der Waals surface area contributed by atoms with Crippen LogP contribution in [0, 0.1) is 5.92 Å². The maximum absolute atomic E-state index is 11.6. The predicted molar refractivity (Wildman–Crippen MR) is 81.0 cm³/mol. The summed E-state index contributed by atoms with van der Waals surface area (Å²) in [5, 5.41) is 5.93. The minimum atomic E-state index is -3.82. The van der Waals surface area contributed by atoms with E-state index >= 15 is 0 Å². The van der Waals surface area contributed by atoms with Crippen LogP contribution >= 0.6 is 11.6 Å². The fourth-order valence-corrected chi connectivity index (χ4v) is 3.13. The molecule has 1 heterocycles. The highest BCUT2D eigenvalue weighted by molar-refractivity contribution is 7.89. The Balaban J connectivity index is 2.02. The van der Waals surface area contributed by atoms with E-state index in [4.69, 9.17) is 21.5 Å². The number of pyridine rings is 1. The number of halogens is 1. The second-order valence-corrected chi connectivity index (χ2v) is 7.13. The molecule has 3 rings (SSSR count). The van der Waals surface area contributed by atoms with Crippen LogP contribution < -0.4 is 9.88 Å². The van der Waals surface area contributed by atoms with Gasteiger partial charge in [-0.3, -0.25) is 0 Å². The van der Waals surface area contributed by atoms with Crippen LogP contribution in [-0.2, 0) is 10.0 Å². The third-order valence-corrected chi connectivity index (χ3v) is 4.71. The number of sulfonamides is 1. The molecule has 5 nitrogen and oxygen atoms in total. The van der Waals surface area contributed by atoms with E-state index < -0.39 is 10.0 Å². The monoisotopic (exact) mass is 326 g/mol. The number of nitrogens with zero attached hydrogens (tertiary/aromatic N) is 1. The zero-order chi connectivity index (χ0) is 15.0. The van der Waals surface area contributed by atoms with Gasteiger partial charge in [-0.15, -0.1) is 0 Å². The zero-order valence-corrected chi connectivity index (χ0v) is 12.8. The molecule has 0 atom stereocenters. The summed E-state index contributed by atoms with van der Waals surface area (Å²) in [6.45, 7) is 0.586. The number of primary sulfonamides is 1. The van der Waals surface area contributed by atoms with E-state index in [9.17, 15) is 8.42 Å². The normalized spacial score (nSPS) is 15.3. The first-order valence-electron chi connectivity index (χ1n) is 6.70. The van der Waals surface area contributed by atoms with E-state index in [2.05, 4.69) is 4.98 Å². The predicted octanol–water partition coefficient (Wildman–Crippen LogP) is 2.71. The minimum Gasteiger partial charge on any atom is -0.491 e. The van der Waals surface area contributed by atoms with Crippen LogP contribution in [0.25, 0.3) is 10.9 Å². The number of hydrogen-bond acceptors (Lipinski definition) is 4. The lowest BCUT2D eigenvalue weighted by Crippen LogP contribution is -2.13. The van der Waals surface area contributed by atoms with Crippen LogP contribution in [-0.4, -0.2) is 20.0 Å². The molecule has 1 aliphatic carbocycles. The Morgan fingerprint density at radius 3 is 2.71 bits per heavy atom. The van der Waals surface area contributed by atoms with Gasteiger partial charge in [0.15, 0.2) is 0 Å². The van der Waals surface area contributed by atoms with Crippen LogP contribution in [0.1, 0.15) is 19.3 Å². The number of nitrogens with two attached hydrogens (primary N) is 1. The van der Waals surface area contributed by atoms with Crippen molar-refractivity contribution in [3.63, 3.8) is 0 Å². The van der Waals surface area contributed by atoms with Gasteiger partial charge in [0, 0.05) is 5.39 Å². The molecule has 0 saturated heterocycles. The van der Waals surface area contributed by atoms with Gasteiger partial charge in [0.05, 0.1) is 11.5 Å². The summed E-state index contributed by atoms with van der Waals surface area (Å²) in [7, 11) is -3.82. The van der Waals surface area contributed by atoms with Gasteiger partial charge >= 0.3 is 0 Å². The average Bonchev–Trinajstić information content (AvgIpc) is 3.21. The molecule has 0 unspecified atom stereocenters. The Hall–Kier alpha value is -1.37. The van der Waals surface area contributed by atoms with E-state index in [0.29, 0.717) is 23.3 Å². The summed E-state index contributed by atoms with van der Waals surface area (Å²) >= 11 is 5.90. The first-order valence-corrected chi connectivity index (χ1v) is 8.62. The Bertz CT molecular complexity index is 788. The number of hydrogen-bond donors (Lipinski definition) is 1. The van der Waals surface area contributed by atoms with Gasteiger partial charge < -0.3 is 4.74 Å². The molecule has 2 aromatic rings. The Labute approximate surface area is 128 Å². The third-order valence-electron chi connectivity index (χ3n) is 3.53. The van der Waals surface area contributed by atoms with Crippen LogP contribution in [0.15, 0.2) is 29.2 Å². The van der Waals surface area contributed by atoms with Gasteiger partial charge in [-0.05, 0) is 36.6 Å². The van der Waals surface area contributed by atoms with Gasteiger partial charge in [0.25, 0.3) is 0 Å². The van der Waals surface area contributed by atoms with E-state index in [0.717, 1.165) is 12.3 Å². The molecule has 0 radical (unpaired) electrons. The topological polar surface area (TPSA) is 82.3 Å². The maximum atomic E-state index is 11.6. The minimum absolute atomic E-state index is 0.0243. The van der Waals surface area contributed by atoms with Crippen molar-refractivity contribution in [2.75, 3.05) is 6.61 Å². The lowest BCUT2D eigenvalue weighted by atomic mass is 10.2. The summed E-state index contributed by atoms with van der Waals surface area (Å²) in [5.74, 6) is 1.29. The standard InChI is InChI=1S/C14H15ClN2O3S/c15-13-6-3-10-12(21(16,18)19)5-4-11(14(10)17-13)20-8-7-9-1-2-9/h3-6,9H,1-2,7-8H2,(H2,16,18,19). The lowest BCUT2D eigenvalue weighted by Gasteiger charge is -2.11. The molecule has 1 aliphatic rings. The number of aromatic nitrogens is 1. The van der Waals surface area contributed by atoms with Gasteiger partial charge in [-0.2, -0.15) is 0 Å². The second kappa shape index (κ2) is 5.44. The fraction of sp³-hybridized carbons (Fsp3) is 0.357. The van der Waals surface area contributed by atoms with Crippen LogP contribution in [0.3, 0.4) is 0 Å². The second-order valence-electron chi connectivity index (χ2n) is 5.22. The third kappa shape index (κ3) is 3.28. The number of fused-ring (bicyclic) bond motifs is 1. The van der Waals surface area contributed by atoms with Crippen LogP contribution in [0.2, 0.25) is 5.15 Å². The average molecular weight is 327 g/mol. The molecule has 1 fully saturated rings. The van der Waals surface area contributed by atoms with Crippen molar-refractivity contribution in [2.24, 2.45) is 11.1 Å². The highest BCUT2D eigenvalue weighted by Crippen LogP contribution is 2.34. The molecule has 2 N–H and O–H groups in total. The first-order chi connectivity index (χ1) is 9.95. The molecular formula is C14H15ClN2O3S. The molecule has 21 heavy (non-hydrogen) atoms. The molecule has 0 bridgehead atoms. The van der Waals surface area contributed by atoms with Gasteiger partial charge in [-0.25, -0.2) is 18.5 Å². The van der Waals surface area contributed by atoms with Crippen molar-refractivity contribution in [1.29, 1.82) is 0 Å². The quantitative estimate of drug-likeness (QED) is 0.856. The Morgan fingerprint density at radius 2 is 2.05 bits per heavy atom. The summed E-state index contributed by atoms with van der Waals surface area (Å²) < 4.78 is 29.0. The number of benzene rings is 1. The molecule has 1 saturated carbocycles. The van der Waals surface area contributed by atoms with Crippen molar-refractivity contribution in [3.8, 4) is 5.75 Å². The molecule has 0 amide bonds. The number of rotatable bonds is 5. The van der Waals surface area contributed by atoms with E-state index in [1.165, 1.54) is 25.0 Å².